The number of aliphatic hydroxyl groups is 1. The molecule has 0 aliphatic carbocycles. The van der Waals surface area contributed by atoms with Crippen molar-refractivity contribution >= 4 is 23.4 Å². The van der Waals surface area contributed by atoms with Gasteiger partial charge in [-0.05, 0) is 43.7 Å². The Kier molecular flexibility index (Phi) is 7.84. The summed E-state index contributed by atoms with van der Waals surface area (Å²) >= 11 is 8.02. The maximum absolute atomic E-state index is 9.46. The third kappa shape index (κ3) is 5.35. The molecule has 108 valence electrons. The molecule has 0 radical (unpaired) electrons. The van der Waals surface area contributed by atoms with Gasteiger partial charge in [-0.1, -0.05) is 36.7 Å². The van der Waals surface area contributed by atoms with E-state index in [0.29, 0.717) is 0 Å². The van der Waals surface area contributed by atoms with Gasteiger partial charge < -0.3 is 10.4 Å². The number of rotatable bonds is 9. The van der Waals surface area contributed by atoms with Gasteiger partial charge in [0.05, 0.1) is 6.61 Å². The molecule has 0 aromatic heterocycles. The lowest BCUT2D eigenvalue weighted by atomic mass is 9.92. The molecule has 1 atom stereocenters. The summed E-state index contributed by atoms with van der Waals surface area (Å²) in [4.78, 5) is 0. The maximum Gasteiger partial charge on any atom is 0.0613 e. The second-order valence-corrected chi connectivity index (χ2v) is 6.30. The van der Waals surface area contributed by atoms with Crippen molar-refractivity contribution in [3.8, 4) is 0 Å². The zero-order valence-corrected chi connectivity index (χ0v) is 13.4. The van der Waals surface area contributed by atoms with Gasteiger partial charge in [-0.25, -0.2) is 0 Å². The Hall–Kier alpha value is -0.220. The van der Waals surface area contributed by atoms with E-state index in [9.17, 15) is 5.11 Å². The summed E-state index contributed by atoms with van der Waals surface area (Å²) in [7, 11) is 1.93. The molecule has 0 spiro atoms. The van der Waals surface area contributed by atoms with Gasteiger partial charge in [0, 0.05) is 16.3 Å². The highest BCUT2D eigenvalue weighted by Crippen LogP contribution is 2.23. The molecule has 19 heavy (non-hydrogen) atoms. The summed E-state index contributed by atoms with van der Waals surface area (Å²) < 4.78 is 0. The topological polar surface area (TPSA) is 32.3 Å². The predicted molar refractivity (Wildman–Crippen MR) is 86.0 cm³/mol. The molecule has 1 aromatic rings. The number of hydrogen-bond donors (Lipinski definition) is 2. The Morgan fingerprint density at radius 1 is 1.37 bits per heavy atom. The standard InChI is InChI=1S/C15H24ClNOS/c1-3-15(12-18,17-2)9-6-10-19-11-13-7-4-5-8-14(13)16/h4-5,7-8,17-18H,3,6,9-12H2,1-2H3. The van der Waals surface area contributed by atoms with Crippen LogP contribution < -0.4 is 5.32 Å². The highest BCUT2D eigenvalue weighted by Gasteiger charge is 2.23. The van der Waals surface area contributed by atoms with Gasteiger partial charge in [0.1, 0.15) is 0 Å². The fraction of sp³-hybridized carbons (Fsp3) is 0.600. The summed E-state index contributed by atoms with van der Waals surface area (Å²) in [5.74, 6) is 2.05. The van der Waals surface area contributed by atoms with Crippen LogP contribution in [0.4, 0.5) is 0 Å². The van der Waals surface area contributed by atoms with Crippen molar-refractivity contribution < 1.29 is 5.11 Å². The summed E-state index contributed by atoms with van der Waals surface area (Å²) in [6.45, 7) is 2.32. The third-order valence-electron chi connectivity index (χ3n) is 3.67. The highest BCUT2D eigenvalue weighted by molar-refractivity contribution is 7.98. The van der Waals surface area contributed by atoms with Gasteiger partial charge in [0.2, 0.25) is 0 Å². The number of likely N-dealkylation sites (N-methyl/N-ethyl adjacent to an activating group) is 1. The van der Waals surface area contributed by atoms with Crippen LogP contribution in [0, 0.1) is 0 Å². The Bertz CT molecular complexity index is 361. The van der Waals surface area contributed by atoms with Crippen LogP contribution in [0.5, 0.6) is 0 Å². The minimum atomic E-state index is -0.106. The molecule has 0 bridgehead atoms. The Balaban J connectivity index is 2.26. The van der Waals surface area contributed by atoms with E-state index in [1.807, 2.05) is 37.0 Å². The normalized spacial score (nSPS) is 14.3. The first-order valence-electron chi connectivity index (χ1n) is 6.78. The van der Waals surface area contributed by atoms with Crippen molar-refractivity contribution in [3.05, 3.63) is 34.9 Å². The van der Waals surface area contributed by atoms with E-state index >= 15 is 0 Å². The Labute approximate surface area is 125 Å². The van der Waals surface area contributed by atoms with E-state index < -0.39 is 0 Å². The van der Waals surface area contributed by atoms with Crippen LogP contribution in [-0.2, 0) is 5.75 Å². The van der Waals surface area contributed by atoms with Crippen LogP contribution >= 0.6 is 23.4 Å². The lowest BCUT2D eigenvalue weighted by molar-refractivity contribution is 0.154. The number of halogens is 1. The number of hydrogen-bond acceptors (Lipinski definition) is 3. The lowest BCUT2D eigenvalue weighted by Gasteiger charge is -2.30. The smallest absolute Gasteiger partial charge is 0.0613 e. The first-order valence-corrected chi connectivity index (χ1v) is 8.31. The zero-order valence-electron chi connectivity index (χ0n) is 11.8. The van der Waals surface area contributed by atoms with Gasteiger partial charge in [-0.2, -0.15) is 11.8 Å². The highest BCUT2D eigenvalue weighted by atomic mass is 35.5. The fourth-order valence-electron chi connectivity index (χ4n) is 2.06. The van der Waals surface area contributed by atoms with Crippen LogP contribution in [0.15, 0.2) is 24.3 Å². The van der Waals surface area contributed by atoms with Gasteiger partial charge in [0.25, 0.3) is 0 Å². The molecule has 0 amide bonds. The van der Waals surface area contributed by atoms with Crippen molar-refractivity contribution in [2.45, 2.75) is 37.5 Å². The molecule has 0 saturated heterocycles. The minimum Gasteiger partial charge on any atom is -0.394 e. The molecule has 0 aliphatic heterocycles. The van der Waals surface area contributed by atoms with Crippen LogP contribution in [0.1, 0.15) is 31.7 Å². The summed E-state index contributed by atoms with van der Waals surface area (Å²) in [6, 6.07) is 8.00. The molecule has 0 heterocycles. The largest absolute Gasteiger partial charge is 0.394 e. The number of thioether (sulfide) groups is 1. The van der Waals surface area contributed by atoms with Gasteiger partial charge >= 0.3 is 0 Å². The summed E-state index contributed by atoms with van der Waals surface area (Å²) in [6.07, 6.45) is 3.06. The van der Waals surface area contributed by atoms with Crippen molar-refractivity contribution in [1.29, 1.82) is 0 Å². The van der Waals surface area contributed by atoms with Gasteiger partial charge in [0.15, 0.2) is 0 Å². The number of nitrogens with one attached hydrogen (secondary N) is 1. The predicted octanol–water partition coefficient (Wildman–Crippen LogP) is 3.71. The van der Waals surface area contributed by atoms with Crippen molar-refractivity contribution in [2.24, 2.45) is 0 Å². The van der Waals surface area contributed by atoms with Gasteiger partial charge in [-0.3, -0.25) is 0 Å². The molecule has 1 aromatic carbocycles. The third-order valence-corrected chi connectivity index (χ3v) is 5.13. The van der Waals surface area contributed by atoms with E-state index in [2.05, 4.69) is 18.3 Å². The first kappa shape index (κ1) is 16.8. The average molecular weight is 302 g/mol. The van der Waals surface area contributed by atoms with Crippen molar-refractivity contribution in [1.82, 2.24) is 5.32 Å². The van der Waals surface area contributed by atoms with E-state index in [1.165, 1.54) is 5.56 Å². The number of aliphatic hydroxyl groups excluding tert-OH is 1. The minimum absolute atomic E-state index is 0.106. The molecule has 1 rings (SSSR count). The second kappa shape index (κ2) is 8.85. The van der Waals surface area contributed by atoms with E-state index in [-0.39, 0.29) is 12.1 Å². The van der Waals surface area contributed by atoms with Crippen LogP contribution in [-0.4, -0.2) is 30.1 Å². The molecular formula is C15H24ClNOS. The second-order valence-electron chi connectivity index (χ2n) is 4.79. The Morgan fingerprint density at radius 3 is 2.68 bits per heavy atom. The first-order chi connectivity index (χ1) is 9.17. The SMILES string of the molecule is CCC(CO)(CCCSCc1ccccc1Cl)NC. The molecule has 1 unspecified atom stereocenters. The van der Waals surface area contributed by atoms with Crippen LogP contribution in [0.3, 0.4) is 0 Å². The molecule has 2 nitrogen and oxygen atoms in total. The Morgan fingerprint density at radius 2 is 2.11 bits per heavy atom. The van der Waals surface area contributed by atoms with Crippen LogP contribution in [0.25, 0.3) is 0 Å². The van der Waals surface area contributed by atoms with E-state index in [0.717, 1.165) is 35.8 Å². The monoisotopic (exact) mass is 301 g/mol. The zero-order chi connectivity index (χ0) is 14.1. The van der Waals surface area contributed by atoms with E-state index in [1.54, 1.807) is 0 Å². The van der Waals surface area contributed by atoms with E-state index in [4.69, 9.17) is 11.6 Å². The fourth-order valence-corrected chi connectivity index (χ4v) is 3.30. The molecule has 2 N–H and O–H groups in total. The lowest BCUT2D eigenvalue weighted by Crippen LogP contribution is -2.45. The molecule has 0 saturated carbocycles. The molecule has 0 aliphatic rings. The average Bonchev–Trinajstić information content (AvgIpc) is 2.45. The summed E-state index contributed by atoms with van der Waals surface area (Å²) in [5.41, 5.74) is 1.09. The van der Waals surface area contributed by atoms with Gasteiger partial charge in [-0.15, -0.1) is 0 Å². The van der Waals surface area contributed by atoms with Crippen LogP contribution in [0.2, 0.25) is 5.02 Å². The number of benzene rings is 1. The summed E-state index contributed by atoms with van der Waals surface area (Å²) in [5, 5.41) is 13.6. The quantitative estimate of drug-likeness (QED) is 0.682. The van der Waals surface area contributed by atoms with Crippen molar-refractivity contribution in [3.63, 3.8) is 0 Å². The maximum atomic E-state index is 9.46. The van der Waals surface area contributed by atoms with Crippen molar-refractivity contribution in [2.75, 3.05) is 19.4 Å². The molecule has 4 heteroatoms. The molecular weight excluding hydrogens is 278 g/mol. The molecule has 0 fully saturated rings.